The molecule has 0 bridgehead atoms. The Labute approximate surface area is 141 Å². The van der Waals surface area contributed by atoms with Gasteiger partial charge in [0, 0.05) is 0 Å². The first-order valence-corrected chi connectivity index (χ1v) is 7.97. The third kappa shape index (κ3) is 3.63. The Balaban J connectivity index is 1.65. The summed E-state index contributed by atoms with van der Waals surface area (Å²) in [5.41, 5.74) is 3.97. The van der Waals surface area contributed by atoms with Gasteiger partial charge in [-0.25, -0.2) is 4.68 Å². The average molecular weight is 323 g/mol. The second-order valence-electron chi connectivity index (χ2n) is 5.83. The molecule has 0 amide bonds. The summed E-state index contributed by atoms with van der Waals surface area (Å²) in [5.74, 6) is 0.781. The Bertz CT molecular complexity index is 841. The van der Waals surface area contributed by atoms with Gasteiger partial charge in [0.2, 0.25) is 0 Å². The number of hydrogen-bond acceptors (Lipinski definition) is 4. The van der Waals surface area contributed by atoms with Gasteiger partial charge in [0.25, 0.3) is 0 Å². The number of fused-ring (bicyclic) bond motifs is 1. The summed E-state index contributed by atoms with van der Waals surface area (Å²) in [6, 6.07) is 13.7. The molecule has 0 aliphatic carbocycles. The zero-order chi connectivity index (χ0) is 16.9. The van der Waals surface area contributed by atoms with Crippen LogP contribution >= 0.6 is 0 Å². The van der Waals surface area contributed by atoms with Crippen LogP contribution in [0.4, 0.5) is 0 Å². The van der Waals surface area contributed by atoms with Crippen LogP contribution in [0.1, 0.15) is 11.1 Å². The van der Waals surface area contributed by atoms with E-state index < -0.39 is 6.10 Å². The quantitative estimate of drug-likeness (QED) is 0.679. The molecule has 24 heavy (non-hydrogen) atoms. The molecule has 0 aliphatic rings. The van der Waals surface area contributed by atoms with Gasteiger partial charge < -0.3 is 9.84 Å². The number of ether oxygens (including phenoxy) is 1. The van der Waals surface area contributed by atoms with Crippen molar-refractivity contribution in [3.63, 3.8) is 0 Å². The lowest BCUT2D eigenvalue weighted by Gasteiger charge is -2.15. The zero-order valence-corrected chi connectivity index (χ0v) is 13.7. The van der Waals surface area contributed by atoms with E-state index in [0.717, 1.165) is 28.8 Å². The van der Waals surface area contributed by atoms with Crippen molar-refractivity contribution in [3.05, 3.63) is 66.2 Å². The van der Waals surface area contributed by atoms with Gasteiger partial charge in [0.15, 0.2) is 0 Å². The second-order valence-corrected chi connectivity index (χ2v) is 5.83. The molecule has 0 unspecified atom stereocenters. The number of allylic oxidation sites excluding steroid dienone is 1. The third-order valence-corrected chi connectivity index (χ3v) is 3.82. The molecule has 2 aromatic carbocycles. The minimum Gasteiger partial charge on any atom is -0.491 e. The lowest BCUT2D eigenvalue weighted by Crippen LogP contribution is -2.24. The maximum atomic E-state index is 10.3. The number of aliphatic hydroxyl groups excluding tert-OH is 1. The van der Waals surface area contributed by atoms with Crippen molar-refractivity contribution in [2.45, 2.75) is 26.0 Å². The molecule has 3 aromatic rings. The molecule has 1 aromatic heterocycles. The van der Waals surface area contributed by atoms with Crippen molar-refractivity contribution >= 4 is 11.0 Å². The largest absolute Gasteiger partial charge is 0.491 e. The molecule has 0 fully saturated rings. The molecule has 5 heteroatoms. The highest BCUT2D eigenvalue weighted by atomic mass is 16.5. The number of aliphatic hydroxyl groups is 1. The van der Waals surface area contributed by atoms with Gasteiger partial charge in [-0.3, -0.25) is 0 Å². The van der Waals surface area contributed by atoms with Crippen molar-refractivity contribution in [2.75, 3.05) is 6.61 Å². The van der Waals surface area contributed by atoms with Crippen LogP contribution in [0.25, 0.3) is 11.0 Å². The van der Waals surface area contributed by atoms with E-state index in [0.29, 0.717) is 6.54 Å². The van der Waals surface area contributed by atoms with E-state index >= 15 is 0 Å². The first-order valence-electron chi connectivity index (χ1n) is 7.97. The van der Waals surface area contributed by atoms with Gasteiger partial charge in [0.05, 0.1) is 12.1 Å². The van der Waals surface area contributed by atoms with E-state index in [1.165, 1.54) is 5.56 Å². The van der Waals surface area contributed by atoms with Gasteiger partial charge in [-0.15, -0.1) is 11.7 Å². The number of benzene rings is 2. The van der Waals surface area contributed by atoms with Crippen LogP contribution in [0, 0.1) is 6.92 Å². The Morgan fingerprint density at radius 2 is 2.12 bits per heavy atom. The molecule has 0 radical (unpaired) electrons. The zero-order valence-electron chi connectivity index (χ0n) is 13.7. The molecule has 5 nitrogen and oxygen atoms in total. The van der Waals surface area contributed by atoms with Crippen LogP contribution in [-0.2, 0) is 13.0 Å². The fourth-order valence-corrected chi connectivity index (χ4v) is 2.65. The van der Waals surface area contributed by atoms with Crippen LogP contribution in [0.5, 0.6) is 5.75 Å². The SMILES string of the molecule is C=CCc1cc(C)ccc1OC[C@@H](O)Cn1nnc2ccccc21. The highest BCUT2D eigenvalue weighted by Gasteiger charge is 2.12. The van der Waals surface area contributed by atoms with E-state index in [2.05, 4.69) is 23.0 Å². The molecule has 1 atom stereocenters. The molecule has 0 spiro atoms. The van der Waals surface area contributed by atoms with Crippen LogP contribution in [0.15, 0.2) is 55.1 Å². The Morgan fingerprint density at radius 1 is 1.29 bits per heavy atom. The highest BCUT2D eigenvalue weighted by Crippen LogP contribution is 2.21. The molecule has 3 rings (SSSR count). The van der Waals surface area contributed by atoms with Gasteiger partial charge in [-0.05, 0) is 37.1 Å². The number of hydrogen-bond donors (Lipinski definition) is 1. The summed E-state index contributed by atoms with van der Waals surface area (Å²) in [6.07, 6.45) is 1.91. The molecular formula is C19H21N3O2. The summed E-state index contributed by atoms with van der Waals surface area (Å²) in [5, 5.41) is 18.5. The number of aromatic nitrogens is 3. The van der Waals surface area contributed by atoms with E-state index in [4.69, 9.17) is 4.74 Å². The van der Waals surface area contributed by atoms with Gasteiger partial charge in [-0.1, -0.05) is 41.1 Å². The molecule has 1 N–H and O–H groups in total. The number of rotatable bonds is 7. The van der Waals surface area contributed by atoms with Crippen molar-refractivity contribution < 1.29 is 9.84 Å². The molecule has 0 saturated carbocycles. The van der Waals surface area contributed by atoms with Gasteiger partial charge >= 0.3 is 0 Å². The maximum Gasteiger partial charge on any atom is 0.122 e. The molecule has 0 aliphatic heterocycles. The van der Waals surface area contributed by atoms with Crippen LogP contribution in [0.2, 0.25) is 0 Å². The standard InChI is InChI=1S/C19H21N3O2/c1-3-6-15-11-14(2)9-10-19(15)24-13-16(23)12-22-18-8-5-4-7-17(18)20-21-22/h3-5,7-11,16,23H,1,6,12-13H2,2H3/t16-/m0/s1. The number of nitrogens with zero attached hydrogens (tertiary/aromatic N) is 3. The van der Waals surface area contributed by atoms with E-state index in [1.807, 2.05) is 49.4 Å². The smallest absolute Gasteiger partial charge is 0.122 e. The van der Waals surface area contributed by atoms with Crippen LogP contribution in [0.3, 0.4) is 0 Å². The first kappa shape index (κ1) is 16.2. The Kier molecular flexibility index (Phi) is 4.91. The topological polar surface area (TPSA) is 60.2 Å². The summed E-state index contributed by atoms with van der Waals surface area (Å²) < 4.78 is 7.51. The van der Waals surface area contributed by atoms with Gasteiger partial charge in [-0.2, -0.15) is 0 Å². The minimum absolute atomic E-state index is 0.196. The van der Waals surface area contributed by atoms with Crippen LogP contribution < -0.4 is 4.74 Å². The first-order chi connectivity index (χ1) is 11.7. The van der Waals surface area contributed by atoms with E-state index in [1.54, 1.807) is 4.68 Å². The lowest BCUT2D eigenvalue weighted by molar-refractivity contribution is 0.0895. The molecule has 124 valence electrons. The van der Waals surface area contributed by atoms with Crippen molar-refractivity contribution in [2.24, 2.45) is 0 Å². The number of para-hydroxylation sites is 1. The lowest BCUT2D eigenvalue weighted by atomic mass is 10.1. The predicted octanol–water partition coefficient (Wildman–Crippen LogP) is 2.91. The normalized spacial score (nSPS) is 12.2. The molecule has 0 saturated heterocycles. The van der Waals surface area contributed by atoms with E-state index in [-0.39, 0.29) is 6.61 Å². The summed E-state index contributed by atoms with van der Waals surface area (Å²) in [6.45, 7) is 6.35. The highest BCUT2D eigenvalue weighted by molar-refractivity contribution is 5.73. The summed E-state index contributed by atoms with van der Waals surface area (Å²) in [4.78, 5) is 0. The van der Waals surface area contributed by atoms with Crippen molar-refractivity contribution in [1.82, 2.24) is 15.0 Å². The average Bonchev–Trinajstić information content (AvgIpc) is 2.98. The van der Waals surface area contributed by atoms with Gasteiger partial charge in [0.1, 0.15) is 24.0 Å². The predicted molar refractivity (Wildman–Crippen MR) is 94.1 cm³/mol. The summed E-state index contributed by atoms with van der Waals surface area (Å²) in [7, 11) is 0. The fraction of sp³-hybridized carbons (Fsp3) is 0.263. The van der Waals surface area contributed by atoms with Crippen LogP contribution in [-0.4, -0.2) is 32.8 Å². The van der Waals surface area contributed by atoms with E-state index in [9.17, 15) is 5.11 Å². The number of aryl methyl sites for hydroxylation is 1. The minimum atomic E-state index is -0.673. The van der Waals surface area contributed by atoms with Crippen molar-refractivity contribution in [3.8, 4) is 5.75 Å². The third-order valence-electron chi connectivity index (χ3n) is 3.82. The second kappa shape index (κ2) is 7.27. The summed E-state index contributed by atoms with van der Waals surface area (Å²) >= 11 is 0. The fourth-order valence-electron chi connectivity index (χ4n) is 2.65. The Hall–Kier alpha value is -2.66. The maximum absolute atomic E-state index is 10.3. The molecule has 1 heterocycles. The molecular weight excluding hydrogens is 302 g/mol. The van der Waals surface area contributed by atoms with Crippen molar-refractivity contribution in [1.29, 1.82) is 0 Å². The monoisotopic (exact) mass is 323 g/mol. The Morgan fingerprint density at radius 3 is 2.96 bits per heavy atom.